The Hall–Kier alpha value is -2.63. The zero-order valence-electron chi connectivity index (χ0n) is 13.3. The van der Waals surface area contributed by atoms with Crippen molar-refractivity contribution in [1.29, 1.82) is 0 Å². The number of amides is 1. The molecule has 0 saturated carbocycles. The highest BCUT2D eigenvalue weighted by Gasteiger charge is 2.30. The van der Waals surface area contributed by atoms with Gasteiger partial charge in [0.1, 0.15) is 5.82 Å². The summed E-state index contributed by atoms with van der Waals surface area (Å²) >= 11 is 0. The number of nitrogens with zero attached hydrogens (tertiary/aromatic N) is 1. The summed E-state index contributed by atoms with van der Waals surface area (Å²) in [5.41, 5.74) is 0.507. The minimum absolute atomic E-state index is 0.0665. The standard InChI is InChI=1S/C18H17F3N2O/c1-12(2)3-4-13-5-7-14(8-6-13)17(24)23-16-10-9-15(11-22-16)18(19,20)21/h3-12H,1-2H3,(H,22,23,24). The molecule has 1 amide bonds. The molecule has 3 nitrogen and oxygen atoms in total. The predicted octanol–water partition coefficient (Wildman–Crippen LogP) is 5.02. The smallest absolute Gasteiger partial charge is 0.307 e. The molecule has 2 rings (SSSR count). The second-order valence-electron chi connectivity index (χ2n) is 5.61. The van der Waals surface area contributed by atoms with Crippen molar-refractivity contribution in [1.82, 2.24) is 4.98 Å². The Kier molecular flexibility index (Phi) is 5.39. The highest BCUT2D eigenvalue weighted by atomic mass is 19.4. The molecule has 0 unspecified atom stereocenters. The van der Waals surface area contributed by atoms with Gasteiger partial charge in [-0.15, -0.1) is 0 Å². The molecule has 126 valence electrons. The highest BCUT2D eigenvalue weighted by Crippen LogP contribution is 2.28. The van der Waals surface area contributed by atoms with Crippen LogP contribution in [0.5, 0.6) is 0 Å². The van der Waals surface area contributed by atoms with Crippen molar-refractivity contribution in [2.75, 3.05) is 5.32 Å². The van der Waals surface area contributed by atoms with Crippen molar-refractivity contribution in [3.05, 3.63) is 65.4 Å². The van der Waals surface area contributed by atoms with Crippen LogP contribution in [-0.4, -0.2) is 10.9 Å². The molecule has 0 radical (unpaired) electrons. The van der Waals surface area contributed by atoms with E-state index in [1.54, 1.807) is 24.3 Å². The SMILES string of the molecule is CC(C)C=Cc1ccc(C(=O)Nc2ccc(C(F)(F)F)cn2)cc1. The Labute approximate surface area is 138 Å². The molecule has 2 aromatic rings. The Morgan fingerprint density at radius 3 is 2.29 bits per heavy atom. The third-order valence-electron chi connectivity index (χ3n) is 3.18. The minimum Gasteiger partial charge on any atom is -0.307 e. The second-order valence-corrected chi connectivity index (χ2v) is 5.61. The number of alkyl halides is 3. The van der Waals surface area contributed by atoms with Crippen LogP contribution >= 0.6 is 0 Å². The molecule has 0 fully saturated rings. The first-order chi connectivity index (χ1) is 11.3. The molecule has 0 bridgehead atoms. The van der Waals surface area contributed by atoms with E-state index < -0.39 is 17.6 Å². The summed E-state index contributed by atoms with van der Waals surface area (Å²) in [4.78, 5) is 15.7. The lowest BCUT2D eigenvalue weighted by molar-refractivity contribution is -0.137. The lowest BCUT2D eigenvalue weighted by Gasteiger charge is -2.08. The molecule has 0 saturated heterocycles. The molecule has 0 aliphatic heterocycles. The van der Waals surface area contributed by atoms with Crippen LogP contribution in [0.15, 0.2) is 48.7 Å². The fourth-order valence-corrected chi connectivity index (χ4v) is 1.87. The average molecular weight is 334 g/mol. The van der Waals surface area contributed by atoms with E-state index in [1.807, 2.05) is 12.2 Å². The van der Waals surface area contributed by atoms with E-state index in [9.17, 15) is 18.0 Å². The quantitative estimate of drug-likeness (QED) is 0.853. The van der Waals surface area contributed by atoms with Crippen molar-refractivity contribution in [2.45, 2.75) is 20.0 Å². The highest BCUT2D eigenvalue weighted by molar-refractivity contribution is 6.03. The summed E-state index contributed by atoms with van der Waals surface area (Å²) in [7, 11) is 0. The number of anilines is 1. The van der Waals surface area contributed by atoms with Gasteiger partial charge in [0.2, 0.25) is 0 Å². The van der Waals surface area contributed by atoms with Crippen LogP contribution in [-0.2, 0) is 6.18 Å². The van der Waals surface area contributed by atoms with Gasteiger partial charge in [0.05, 0.1) is 5.56 Å². The Morgan fingerprint density at radius 2 is 1.79 bits per heavy atom. The van der Waals surface area contributed by atoms with Gasteiger partial charge in [-0.2, -0.15) is 13.2 Å². The number of rotatable bonds is 4. The average Bonchev–Trinajstić information content (AvgIpc) is 2.53. The van der Waals surface area contributed by atoms with Crippen LogP contribution in [0.2, 0.25) is 0 Å². The molecule has 1 aromatic carbocycles. The molecular weight excluding hydrogens is 317 g/mol. The van der Waals surface area contributed by atoms with Crippen molar-refractivity contribution in [2.24, 2.45) is 5.92 Å². The van der Waals surface area contributed by atoms with Gasteiger partial charge in [0.25, 0.3) is 5.91 Å². The third-order valence-corrected chi connectivity index (χ3v) is 3.18. The van der Waals surface area contributed by atoms with Gasteiger partial charge in [-0.1, -0.05) is 38.1 Å². The minimum atomic E-state index is -4.45. The van der Waals surface area contributed by atoms with E-state index in [0.29, 0.717) is 17.7 Å². The molecule has 1 N–H and O–H groups in total. The van der Waals surface area contributed by atoms with Gasteiger partial charge < -0.3 is 5.32 Å². The van der Waals surface area contributed by atoms with Crippen molar-refractivity contribution in [3.63, 3.8) is 0 Å². The first kappa shape index (κ1) is 17.7. The maximum absolute atomic E-state index is 12.5. The number of hydrogen-bond donors (Lipinski definition) is 1. The molecule has 1 heterocycles. The van der Waals surface area contributed by atoms with Crippen molar-refractivity contribution in [3.8, 4) is 0 Å². The van der Waals surface area contributed by atoms with Gasteiger partial charge >= 0.3 is 6.18 Å². The van der Waals surface area contributed by atoms with E-state index in [-0.39, 0.29) is 5.82 Å². The number of carbonyl (C=O) groups is 1. The van der Waals surface area contributed by atoms with E-state index in [2.05, 4.69) is 24.1 Å². The van der Waals surface area contributed by atoms with Gasteiger partial charge in [0, 0.05) is 11.8 Å². The summed E-state index contributed by atoms with van der Waals surface area (Å²) < 4.78 is 37.4. The lowest BCUT2D eigenvalue weighted by atomic mass is 10.1. The van der Waals surface area contributed by atoms with Crippen molar-refractivity contribution >= 4 is 17.8 Å². The molecule has 6 heteroatoms. The normalized spacial score (nSPS) is 11.9. The fraction of sp³-hybridized carbons (Fsp3) is 0.222. The maximum Gasteiger partial charge on any atom is 0.417 e. The summed E-state index contributed by atoms with van der Waals surface area (Å²) in [5.74, 6) is 0.0668. The molecular formula is C18H17F3N2O. The molecule has 0 aliphatic carbocycles. The van der Waals surface area contributed by atoms with E-state index in [4.69, 9.17) is 0 Å². The number of pyridine rings is 1. The van der Waals surface area contributed by atoms with E-state index >= 15 is 0 Å². The first-order valence-corrected chi connectivity index (χ1v) is 7.38. The fourth-order valence-electron chi connectivity index (χ4n) is 1.87. The van der Waals surface area contributed by atoms with Crippen molar-refractivity contribution < 1.29 is 18.0 Å². The summed E-state index contributed by atoms with van der Waals surface area (Å²) in [6, 6.07) is 8.91. The number of benzene rings is 1. The number of halogens is 3. The van der Waals surface area contributed by atoms with Gasteiger partial charge in [-0.3, -0.25) is 4.79 Å². The molecule has 1 aromatic heterocycles. The number of allylic oxidation sites excluding steroid dienone is 1. The first-order valence-electron chi connectivity index (χ1n) is 7.38. The van der Waals surface area contributed by atoms with Crippen LogP contribution < -0.4 is 5.32 Å². The molecule has 24 heavy (non-hydrogen) atoms. The Morgan fingerprint density at radius 1 is 1.12 bits per heavy atom. The number of carbonyl (C=O) groups excluding carboxylic acids is 1. The predicted molar refractivity (Wildman–Crippen MR) is 87.5 cm³/mol. The van der Waals surface area contributed by atoms with Crippen LogP contribution in [0.25, 0.3) is 6.08 Å². The van der Waals surface area contributed by atoms with Crippen LogP contribution in [0, 0.1) is 5.92 Å². The van der Waals surface area contributed by atoms with Crippen LogP contribution in [0.3, 0.4) is 0 Å². The van der Waals surface area contributed by atoms with Crippen LogP contribution in [0.1, 0.15) is 35.3 Å². The molecule has 0 spiro atoms. The largest absolute Gasteiger partial charge is 0.417 e. The monoisotopic (exact) mass is 334 g/mol. The van der Waals surface area contributed by atoms with E-state index in [0.717, 1.165) is 17.7 Å². The number of aromatic nitrogens is 1. The van der Waals surface area contributed by atoms with Gasteiger partial charge in [-0.25, -0.2) is 4.98 Å². The third kappa shape index (κ3) is 4.94. The topological polar surface area (TPSA) is 42.0 Å². The second kappa shape index (κ2) is 7.29. The molecule has 0 aliphatic rings. The van der Waals surface area contributed by atoms with Gasteiger partial charge in [-0.05, 0) is 35.7 Å². The maximum atomic E-state index is 12.5. The Bertz CT molecular complexity index is 717. The lowest BCUT2D eigenvalue weighted by Crippen LogP contribution is -2.13. The molecule has 0 atom stereocenters. The summed E-state index contributed by atoms with van der Waals surface area (Å²) in [6.45, 7) is 4.13. The van der Waals surface area contributed by atoms with Crippen LogP contribution in [0.4, 0.5) is 19.0 Å². The Balaban J connectivity index is 2.04. The summed E-state index contributed by atoms with van der Waals surface area (Å²) in [5, 5.41) is 2.47. The summed E-state index contributed by atoms with van der Waals surface area (Å²) in [6.07, 6.45) is 0.245. The zero-order chi connectivity index (χ0) is 17.7. The number of hydrogen-bond acceptors (Lipinski definition) is 2. The van der Waals surface area contributed by atoms with E-state index in [1.165, 1.54) is 0 Å². The van der Waals surface area contributed by atoms with Gasteiger partial charge in [0.15, 0.2) is 0 Å². The number of nitrogens with one attached hydrogen (secondary N) is 1. The zero-order valence-corrected chi connectivity index (χ0v) is 13.3.